The molecule has 0 heterocycles. The average Bonchev–Trinajstić information content (AvgIpc) is 2.49. The molecule has 0 aliphatic heterocycles. The van der Waals surface area contributed by atoms with Gasteiger partial charge in [0.2, 0.25) is 0 Å². The molecule has 3 N–H and O–H groups in total. The van der Waals surface area contributed by atoms with Gasteiger partial charge in [0.25, 0.3) is 10.8 Å². The molecule has 112 valence electrons. The zero-order valence-electron chi connectivity index (χ0n) is 11.1. The van der Waals surface area contributed by atoms with Gasteiger partial charge in [0.05, 0.1) is 11.1 Å². The maximum atomic E-state index is 11.8. The van der Waals surface area contributed by atoms with Gasteiger partial charge in [0, 0.05) is 28.3 Å². The van der Waals surface area contributed by atoms with Crippen LogP contribution in [0.5, 0.6) is 5.75 Å². The highest BCUT2D eigenvalue weighted by molar-refractivity contribution is 6.30. The van der Waals surface area contributed by atoms with Gasteiger partial charge in [0.1, 0.15) is 5.75 Å². The van der Waals surface area contributed by atoms with E-state index in [4.69, 9.17) is 16.8 Å². The third-order valence-corrected chi connectivity index (χ3v) is 2.96. The van der Waals surface area contributed by atoms with Crippen molar-refractivity contribution in [3.8, 4) is 5.75 Å². The fraction of sp³-hybridized carbons (Fsp3) is 0. The summed E-state index contributed by atoms with van der Waals surface area (Å²) in [5, 5.41) is 22.6. The number of halogens is 1. The molecule has 22 heavy (non-hydrogen) atoms. The number of benzene rings is 2. The first kappa shape index (κ1) is 15.5. The van der Waals surface area contributed by atoms with E-state index in [0.717, 1.165) is 6.21 Å². The van der Waals surface area contributed by atoms with Crippen molar-refractivity contribution in [2.45, 2.75) is 0 Å². The standard InChI is InChI=1S/C14H10ClN3O4/c15-11-3-1-9(2-4-11)14(20)17-16-8-10-7-12(18(21)22)5-6-13(10)19/h1-8H,(H2-,16,17,19,20,21,22)/p+1. The van der Waals surface area contributed by atoms with E-state index in [2.05, 4.69) is 10.5 Å². The lowest BCUT2D eigenvalue weighted by atomic mass is 10.2. The molecule has 1 amide bonds. The van der Waals surface area contributed by atoms with Crippen molar-refractivity contribution in [1.82, 2.24) is 5.43 Å². The minimum atomic E-state index is -0.462. The molecule has 0 aromatic heterocycles. The van der Waals surface area contributed by atoms with E-state index in [1.165, 1.54) is 30.3 Å². The maximum Gasteiger partial charge on any atom is 0.317 e. The van der Waals surface area contributed by atoms with Crippen molar-refractivity contribution < 1.29 is 20.0 Å². The van der Waals surface area contributed by atoms with Crippen LogP contribution in [-0.2, 0) is 0 Å². The van der Waals surface area contributed by atoms with E-state index in [1.54, 1.807) is 12.1 Å². The van der Waals surface area contributed by atoms with Gasteiger partial charge >= 0.3 is 5.69 Å². The second-order valence-electron chi connectivity index (χ2n) is 4.22. The predicted molar refractivity (Wildman–Crippen MR) is 79.7 cm³/mol. The molecule has 0 saturated carbocycles. The molecule has 2 aromatic rings. The second-order valence-corrected chi connectivity index (χ2v) is 4.66. The monoisotopic (exact) mass is 320 g/mol. The molecule has 7 nitrogen and oxygen atoms in total. The lowest BCUT2D eigenvalue weighted by Crippen LogP contribution is -2.17. The van der Waals surface area contributed by atoms with Crippen LogP contribution in [-0.4, -0.2) is 27.4 Å². The average molecular weight is 321 g/mol. The smallest absolute Gasteiger partial charge is 0.317 e. The van der Waals surface area contributed by atoms with Gasteiger partial charge in [0.15, 0.2) is 0 Å². The van der Waals surface area contributed by atoms with Crippen molar-refractivity contribution in [1.29, 1.82) is 0 Å². The van der Waals surface area contributed by atoms with Gasteiger partial charge in [-0.3, -0.25) is 4.79 Å². The molecule has 0 fully saturated rings. The largest absolute Gasteiger partial charge is 0.507 e. The summed E-state index contributed by atoms with van der Waals surface area (Å²) >= 11 is 5.72. The minimum absolute atomic E-state index is 0.0803. The van der Waals surface area contributed by atoms with Crippen LogP contribution in [0.2, 0.25) is 5.02 Å². The van der Waals surface area contributed by atoms with Crippen LogP contribution in [0.25, 0.3) is 0 Å². The van der Waals surface area contributed by atoms with Crippen LogP contribution in [0.15, 0.2) is 47.6 Å². The van der Waals surface area contributed by atoms with E-state index in [1.807, 2.05) is 0 Å². The van der Waals surface area contributed by atoms with Crippen LogP contribution in [0.1, 0.15) is 15.9 Å². The summed E-state index contributed by atoms with van der Waals surface area (Å²) in [6, 6.07) is 9.86. The molecule has 2 rings (SSSR count). The van der Waals surface area contributed by atoms with Gasteiger partial charge < -0.3 is 5.11 Å². The molecule has 0 unspecified atom stereocenters. The summed E-state index contributed by atoms with van der Waals surface area (Å²) in [5.41, 5.74) is 2.70. The Labute approximate surface area is 130 Å². The van der Waals surface area contributed by atoms with Crippen LogP contribution in [0.3, 0.4) is 0 Å². The first-order chi connectivity index (χ1) is 10.5. The second kappa shape index (κ2) is 6.68. The van der Waals surface area contributed by atoms with Crippen molar-refractivity contribution in [3.05, 3.63) is 63.5 Å². The van der Waals surface area contributed by atoms with Gasteiger partial charge in [-0.15, -0.1) is 0 Å². The number of carbonyl (C=O) groups is 1. The number of hydrogen-bond donors (Lipinski definition) is 3. The quantitative estimate of drug-likeness (QED) is 0.595. The summed E-state index contributed by atoms with van der Waals surface area (Å²) in [6.07, 6.45) is 1.15. The van der Waals surface area contributed by atoms with Crippen molar-refractivity contribution in [2.75, 3.05) is 0 Å². The van der Waals surface area contributed by atoms with Gasteiger partial charge in [-0.2, -0.15) is 5.10 Å². The molecular formula is C14H11ClN3O4+. The molecule has 0 saturated heterocycles. The molecule has 0 radical (unpaired) electrons. The summed E-state index contributed by atoms with van der Waals surface area (Å²) in [7, 11) is 0. The number of nitrogens with one attached hydrogen (secondary N) is 1. The Morgan fingerprint density at radius 2 is 1.91 bits per heavy atom. The highest BCUT2D eigenvalue weighted by Gasteiger charge is 2.13. The number of aromatic hydroxyl groups is 1. The fourth-order valence-electron chi connectivity index (χ4n) is 1.59. The lowest BCUT2D eigenvalue weighted by Gasteiger charge is -2.00. The zero-order chi connectivity index (χ0) is 16.1. The molecule has 8 heteroatoms. The van der Waals surface area contributed by atoms with E-state index >= 15 is 0 Å². The molecule has 0 aliphatic rings. The highest BCUT2D eigenvalue weighted by Crippen LogP contribution is 2.20. The SMILES string of the molecule is O=C(N/N=C/c1cc([N+](=O)O)ccc1O)c1ccc(Cl)cc1. The number of hydrazone groups is 1. The number of carbonyl (C=O) groups excluding carboxylic acids is 1. The summed E-state index contributed by atoms with van der Waals surface area (Å²) < 4.78 is 0. The van der Waals surface area contributed by atoms with E-state index in [-0.39, 0.29) is 21.9 Å². The number of amides is 1. The van der Waals surface area contributed by atoms with E-state index in [9.17, 15) is 14.8 Å². The Morgan fingerprint density at radius 3 is 2.55 bits per heavy atom. The first-order valence-electron chi connectivity index (χ1n) is 6.05. The van der Waals surface area contributed by atoms with E-state index in [0.29, 0.717) is 10.6 Å². The Morgan fingerprint density at radius 1 is 1.23 bits per heavy atom. The van der Waals surface area contributed by atoms with Gasteiger partial charge in [-0.05, 0) is 30.3 Å². The fourth-order valence-corrected chi connectivity index (χ4v) is 1.72. The van der Waals surface area contributed by atoms with Crippen molar-refractivity contribution in [3.63, 3.8) is 0 Å². The third kappa shape index (κ3) is 3.80. The number of phenols is 1. The van der Waals surface area contributed by atoms with Crippen LogP contribution in [0.4, 0.5) is 5.69 Å². The van der Waals surface area contributed by atoms with E-state index < -0.39 is 5.91 Å². The molecule has 0 spiro atoms. The molecular weight excluding hydrogens is 310 g/mol. The number of rotatable bonds is 4. The van der Waals surface area contributed by atoms with Crippen molar-refractivity contribution in [2.24, 2.45) is 5.10 Å². The van der Waals surface area contributed by atoms with Gasteiger partial charge in [-0.25, -0.2) is 10.6 Å². The Balaban J connectivity index is 2.09. The van der Waals surface area contributed by atoms with Crippen LogP contribution in [0, 0.1) is 4.91 Å². The third-order valence-electron chi connectivity index (χ3n) is 2.71. The molecule has 0 aliphatic carbocycles. The Hall–Kier alpha value is -2.93. The number of hydrogen-bond acceptors (Lipinski definition) is 4. The first-order valence-corrected chi connectivity index (χ1v) is 6.43. The lowest BCUT2D eigenvalue weighted by molar-refractivity contribution is -0.729. The van der Waals surface area contributed by atoms with Gasteiger partial charge in [-0.1, -0.05) is 11.6 Å². The zero-order valence-corrected chi connectivity index (χ0v) is 11.9. The van der Waals surface area contributed by atoms with Crippen molar-refractivity contribution >= 4 is 29.4 Å². The normalized spacial score (nSPS) is 10.6. The molecule has 0 atom stereocenters. The minimum Gasteiger partial charge on any atom is -0.507 e. The topological polar surface area (TPSA) is 102 Å². The predicted octanol–water partition coefficient (Wildman–Crippen LogP) is 2.61. The van der Waals surface area contributed by atoms with Crippen LogP contribution < -0.4 is 5.43 Å². The Kier molecular flexibility index (Phi) is 4.70. The summed E-state index contributed by atoms with van der Waals surface area (Å²) in [6.45, 7) is 0. The highest BCUT2D eigenvalue weighted by atomic mass is 35.5. The summed E-state index contributed by atoms with van der Waals surface area (Å²) in [4.78, 5) is 22.2. The number of phenolic OH excluding ortho intramolecular Hbond substituents is 1. The maximum absolute atomic E-state index is 11.8. The number of nitrogens with zero attached hydrogens (tertiary/aromatic N) is 2. The summed E-state index contributed by atoms with van der Waals surface area (Å²) in [5.74, 6) is -0.619. The van der Waals surface area contributed by atoms with Crippen LogP contribution >= 0.6 is 11.6 Å². The molecule has 0 bridgehead atoms. The molecule has 2 aromatic carbocycles. The Bertz CT molecular complexity index is 744.